The van der Waals surface area contributed by atoms with E-state index in [0.717, 1.165) is 10.9 Å². The average molecular weight is 243 g/mol. The first kappa shape index (κ1) is 10.4. The third-order valence-corrected chi connectivity index (χ3v) is 2.76. The molecular formula is C12H9N3O3. The van der Waals surface area contributed by atoms with Crippen LogP contribution in [0.2, 0.25) is 0 Å². The quantitative estimate of drug-likeness (QED) is 0.639. The molecule has 0 radical (unpaired) electrons. The molecule has 2 aromatic heterocycles. The fourth-order valence-electron chi connectivity index (χ4n) is 1.91. The second-order valence-corrected chi connectivity index (χ2v) is 3.83. The highest BCUT2D eigenvalue weighted by molar-refractivity contribution is 6.00. The lowest BCUT2D eigenvalue weighted by molar-refractivity contribution is 0.0687. The Labute approximate surface area is 101 Å². The van der Waals surface area contributed by atoms with Crippen LogP contribution >= 0.6 is 0 Å². The predicted molar refractivity (Wildman–Crippen MR) is 65.2 cm³/mol. The molecule has 90 valence electrons. The summed E-state index contributed by atoms with van der Waals surface area (Å²) in [6.07, 6.45) is 1.72. The van der Waals surface area contributed by atoms with E-state index >= 15 is 0 Å². The predicted octanol–water partition coefficient (Wildman–Crippen LogP) is 2.10. The number of carboxylic acids is 1. The van der Waals surface area contributed by atoms with Gasteiger partial charge in [0.15, 0.2) is 5.76 Å². The zero-order chi connectivity index (χ0) is 12.7. The summed E-state index contributed by atoms with van der Waals surface area (Å²) in [6.45, 7) is 0. The van der Waals surface area contributed by atoms with Gasteiger partial charge >= 0.3 is 5.97 Å². The van der Waals surface area contributed by atoms with Crippen LogP contribution in [0.5, 0.6) is 0 Å². The van der Waals surface area contributed by atoms with Gasteiger partial charge in [0.1, 0.15) is 5.69 Å². The second-order valence-electron chi connectivity index (χ2n) is 3.83. The summed E-state index contributed by atoms with van der Waals surface area (Å²) in [4.78, 5) is 13.9. The zero-order valence-corrected chi connectivity index (χ0v) is 9.18. The molecule has 18 heavy (non-hydrogen) atoms. The summed E-state index contributed by atoms with van der Waals surface area (Å²) in [5.41, 5.74) is 7.12. The molecular weight excluding hydrogens is 234 g/mol. The van der Waals surface area contributed by atoms with Crippen molar-refractivity contribution in [3.63, 3.8) is 0 Å². The van der Waals surface area contributed by atoms with Gasteiger partial charge in [-0.25, -0.2) is 4.79 Å². The van der Waals surface area contributed by atoms with Crippen molar-refractivity contribution in [2.75, 3.05) is 5.73 Å². The molecule has 0 aliphatic rings. The van der Waals surface area contributed by atoms with Crippen LogP contribution in [-0.4, -0.2) is 21.2 Å². The number of H-pyrrole nitrogens is 1. The molecule has 0 fully saturated rings. The molecule has 3 rings (SSSR count). The van der Waals surface area contributed by atoms with E-state index in [1.165, 1.54) is 0 Å². The molecule has 0 amide bonds. The lowest BCUT2D eigenvalue weighted by atomic mass is 10.1. The maximum absolute atomic E-state index is 10.9. The molecule has 0 saturated carbocycles. The van der Waals surface area contributed by atoms with Crippen LogP contribution in [0.4, 0.5) is 5.69 Å². The van der Waals surface area contributed by atoms with E-state index in [1.54, 1.807) is 6.20 Å². The van der Waals surface area contributed by atoms with Gasteiger partial charge in [-0.05, 0) is 6.07 Å². The fraction of sp³-hybridized carbons (Fsp3) is 0. The van der Waals surface area contributed by atoms with Crippen molar-refractivity contribution in [2.45, 2.75) is 0 Å². The monoisotopic (exact) mass is 243 g/mol. The number of anilines is 1. The zero-order valence-electron chi connectivity index (χ0n) is 9.18. The number of aromatic amines is 1. The standard InChI is InChI=1S/C12H9N3O3/c13-9-10(12(16)17)15-18-11(9)7-5-14-8-4-2-1-3-6(7)8/h1-5,14H,13H2,(H,16,17). The SMILES string of the molecule is Nc1c(C(=O)O)noc1-c1c[nH]c2ccccc12. The second kappa shape index (κ2) is 3.63. The number of benzene rings is 1. The van der Waals surface area contributed by atoms with Crippen LogP contribution in [0.15, 0.2) is 35.0 Å². The Morgan fingerprint density at radius 2 is 2.17 bits per heavy atom. The van der Waals surface area contributed by atoms with Crippen molar-refractivity contribution in [3.05, 3.63) is 36.2 Å². The summed E-state index contributed by atoms with van der Waals surface area (Å²) in [6, 6.07) is 7.58. The summed E-state index contributed by atoms with van der Waals surface area (Å²) in [5.74, 6) is -0.938. The van der Waals surface area contributed by atoms with Crippen molar-refractivity contribution in [1.29, 1.82) is 0 Å². The van der Waals surface area contributed by atoms with E-state index in [4.69, 9.17) is 15.4 Å². The van der Waals surface area contributed by atoms with Gasteiger partial charge < -0.3 is 20.3 Å². The van der Waals surface area contributed by atoms with Gasteiger partial charge in [-0.1, -0.05) is 23.4 Å². The van der Waals surface area contributed by atoms with E-state index < -0.39 is 5.97 Å². The number of carboxylic acid groups (broad SMARTS) is 1. The number of para-hydroxylation sites is 1. The van der Waals surface area contributed by atoms with Crippen LogP contribution in [0, 0.1) is 0 Å². The van der Waals surface area contributed by atoms with E-state index in [9.17, 15) is 4.79 Å². The van der Waals surface area contributed by atoms with Crippen LogP contribution < -0.4 is 5.73 Å². The molecule has 3 aromatic rings. The maximum Gasteiger partial charge on any atom is 0.360 e. The first-order chi connectivity index (χ1) is 8.68. The average Bonchev–Trinajstić information content (AvgIpc) is 2.92. The molecule has 0 aliphatic heterocycles. The highest BCUT2D eigenvalue weighted by atomic mass is 16.5. The van der Waals surface area contributed by atoms with Crippen LogP contribution in [-0.2, 0) is 0 Å². The minimum Gasteiger partial charge on any atom is -0.476 e. The lowest BCUT2D eigenvalue weighted by Crippen LogP contribution is -2.01. The maximum atomic E-state index is 10.9. The Morgan fingerprint density at radius 1 is 1.39 bits per heavy atom. The number of carbonyl (C=O) groups is 1. The van der Waals surface area contributed by atoms with E-state index in [-0.39, 0.29) is 17.1 Å². The number of nitrogens with one attached hydrogen (secondary N) is 1. The summed E-state index contributed by atoms with van der Waals surface area (Å²) in [5, 5.41) is 13.2. The van der Waals surface area contributed by atoms with Crippen molar-refractivity contribution in [3.8, 4) is 11.3 Å². The van der Waals surface area contributed by atoms with Gasteiger partial charge in [-0.15, -0.1) is 0 Å². The molecule has 0 spiro atoms. The minimum absolute atomic E-state index is 0.0345. The van der Waals surface area contributed by atoms with Crippen molar-refractivity contribution in [2.24, 2.45) is 0 Å². The van der Waals surface area contributed by atoms with Gasteiger partial charge in [0.25, 0.3) is 0 Å². The number of hydrogen-bond acceptors (Lipinski definition) is 4. The third kappa shape index (κ3) is 1.36. The summed E-state index contributed by atoms with van der Waals surface area (Å²) in [7, 11) is 0. The van der Waals surface area contributed by atoms with E-state index in [1.807, 2.05) is 24.3 Å². The van der Waals surface area contributed by atoms with Crippen LogP contribution in [0.3, 0.4) is 0 Å². The Bertz CT molecular complexity index is 742. The van der Waals surface area contributed by atoms with Gasteiger partial charge in [-0.3, -0.25) is 0 Å². The Hall–Kier alpha value is -2.76. The van der Waals surface area contributed by atoms with E-state index in [2.05, 4.69) is 10.1 Å². The Kier molecular flexibility index (Phi) is 2.09. The largest absolute Gasteiger partial charge is 0.476 e. The van der Waals surface area contributed by atoms with Gasteiger partial charge in [-0.2, -0.15) is 0 Å². The summed E-state index contributed by atoms with van der Waals surface area (Å²) < 4.78 is 5.03. The lowest BCUT2D eigenvalue weighted by Gasteiger charge is -1.95. The fourth-order valence-corrected chi connectivity index (χ4v) is 1.91. The van der Waals surface area contributed by atoms with Crippen molar-refractivity contribution in [1.82, 2.24) is 10.1 Å². The van der Waals surface area contributed by atoms with E-state index in [0.29, 0.717) is 5.56 Å². The normalized spacial score (nSPS) is 10.9. The number of nitrogens with two attached hydrogens (primary N) is 1. The molecule has 1 aromatic carbocycles. The number of rotatable bonds is 2. The minimum atomic E-state index is -1.21. The number of fused-ring (bicyclic) bond motifs is 1. The van der Waals surface area contributed by atoms with Crippen molar-refractivity contribution >= 4 is 22.6 Å². The number of aromatic nitrogens is 2. The summed E-state index contributed by atoms with van der Waals surface area (Å²) >= 11 is 0. The smallest absolute Gasteiger partial charge is 0.360 e. The third-order valence-electron chi connectivity index (χ3n) is 2.76. The molecule has 0 unspecified atom stereocenters. The Morgan fingerprint density at radius 3 is 2.89 bits per heavy atom. The molecule has 4 N–H and O–H groups in total. The molecule has 6 nitrogen and oxygen atoms in total. The Balaban J connectivity index is 2.24. The number of nitrogen functional groups attached to an aromatic ring is 1. The van der Waals surface area contributed by atoms with Gasteiger partial charge in [0, 0.05) is 22.7 Å². The van der Waals surface area contributed by atoms with Crippen molar-refractivity contribution < 1.29 is 14.4 Å². The molecule has 0 saturated heterocycles. The molecule has 2 heterocycles. The topological polar surface area (TPSA) is 105 Å². The molecule has 0 aliphatic carbocycles. The molecule has 0 bridgehead atoms. The number of aromatic carboxylic acids is 1. The first-order valence-corrected chi connectivity index (χ1v) is 5.23. The van der Waals surface area contributed by atoms with Crippen LogP contribution in [0.25, 0.3) is 22.2 Å². The molecule has 6 heteroatoms. The highest BCUT2D eigenvalue weighted by Gasteiger charge is 2.21. The first-order valence-electron chi connectivity index (χ1n) is 5.23. The number of nitrogens with zero attached hydrogens (tertiary/aromatic N) is 1. The van der Waals surface area contributed by atoms with Gasteiger partial charge in [0.05, 0.1) is 0 Å². The highest BCUT2D eigenvalue weighted by Crippen LogP contribution is 2.33. The molecule has 0 atom stereocenters. The van der Waals surface area contributed by atoms with Gasteiger partial charge in [0.2, 0.25) is 5.69 Å². The van der Waals surface area contributed by atoms with Crippen LogP contribution in [0.1, 0.15) is 10.5 Å². The number of hydrogen-bond donors (Lipinski definition) is 3.